The third-order valence-corrected chi connectivity index (χ3v) is 3.33. The first-order valence-corrected chi connectivity index (χ1v) is 6.45. The summed E-state index contributed by atoms with van der Waals surface area (Å²) in [5.74, 6) is 0.765. The molecule has 0 spiro atoms. The summed E-state index contributed by atoms with van der Waals surface area (Å²) in [4.78, 5) is 10.9. The van der Waals surface area contributed by atoms with E-state index in [9.17, 15) is 4.79 Å². The fourth-order valence-electron chi connectivity index (χ4n) is 1.71. The number of hydrogen-bond donors (Lipinski definition) is 1. The maximum Gasteiger partial charge on any atom is 0.344 e. The highest BCUT2D eigenvalue weighted by molar-refractivity contribution is 5.72. The van der Waals surface area contributed by atoms with Gasteiger partial charge in [-0.3, -0.25) is 0 Å². The first kappa shape index (κ1) is 14.6. The first-order chi connectivity index (χ1) is 8.45. The highest BCUT2D eigenvalue weighted by Crippen LogP contribution is 2.25. The summed E-state index contributed by atoms with van der Waals surface area (Å²) in [6, 6.07) is 7.71. The van der Waals surface area contributed by atoms with Gasteiger partial charge in [0.05, 0.1) is 0 Å². The van der Waals surface area contributed by atoms with E-state index in [4.69, 9.17) is 9.84 Å². The van der Waals surface area contributed by atoms with Crippen LogP contribution >= 0.6 is 0 Å². The van der Waals surface area contributed by atoms with Crippen LogP contribution in [-0.4, -0.2) is 17.2 Å². The molecule has 0 fully saturated rings. The fourth-order valence-corrected chi connectivity index (χ4v) is 1.71. The largest absolute Gasteiger partial charge is 0.479 e. The van der Waals surface area contributed by atoms with E-state index in [0.29, 0.717) is 24.0 Å². The van der Waals surface area contributed by atoms with Gasteiger partial charge >= 0.3 is 5.97 Å². The zero-order chi connectivity index (χ0) is 13.7. The van der Waals surface area contributed by atoms with Crippen LogP contribution in [0.2, 0.25) is 0 Å². The molecule has 1 rings (SSSR count). The average molecular weight is 250 g/mol. The average Bonchev–Trinajstić information content (AvgIpc) is 2.35. The highest BCUT2D eigenvalue weighted by atomic mass is 16.5. The van der Waals surface area contributed by atoms with Gasteiger partial charge < -0.3 is 9.84 Å². The van der Waals surface area contributed by atoms with Gasteiger partial charge in [0.15, 0.2) is 6.10 Å². The lowest BCUT2D eigenvalue weighted by Crippen LogP contribution is -2.25. The lowest BCUT2D eigenvalue weighted by molar-refractivity contribution is -0.145. The predicted octanol–water partition coefficient (Wildman–Crippen LogP) is 3.69. The van der Waals surface area contributed by atoms with Crippen molar-refractivity contribution in [3.63, 3.8) is 0 Å². The zero-order valence-corrected chi connectivity index (χ0v) is 11.5. The Morgan fingerprint density at radius 1 is 1.22 bits per heavy atom. The van der Waals surface area contributed by atoms with Crippen LogP contribution in [0, 0.1) is 5.92 Å². The minimum absolute atomic E-state index is 0.458. The van der Waals surface area contributed by atoms with E-state index in [0.717, 1.165) is 0 Å². The number of benzene rings is 1. The molecule has 0 heterocycles. The third-order valence-electron chi connectivity index (χ3n) is 3.33. The molecule has 1 N–H and O–H groups in total. The molecule has 3 heteroatoms. The third kappa shape index (κ3) is 3.76. The van der Waals surface area contributed by atoms with Crippen molar-refractivity contribution in [1.82, 2.24) is 0 Å². The maximum atomic E-state index is 10.9. The van der Waals surface area contributed by atoms with E-state index < -0.39 is 12.1 Å². The Bertz CT molecular complexity index is 381. The van der Waals surface area contributed by atoms with Crippen LogP contribution in [0.4, 0.5) is 0 Å². The quantitative estimate of drug-likeness (QED) is 0.837. The lowest BCUT2D eigenvalue weighted by Gasteiger charge is -2.17. The second-order valence-corrected chi connectivity index (χ2v) is 4.95. The van der Waals surface area contributed by atoms with Crippen LogP contribution in [-0.2, 0) is 4.79 Å². The van der Waals surface area contributed by atoms with Crippen molar-refractivity contribution in [2.24, 2.45) is 5.92 Å². The smallest absolute Gasteiger partial charge is 0.344 e. The molecule has 1 aromatic rings. The Morgan fingerprint density at radius 2 is 1.78 bits per heavy atom. The van der Waals surface area contributed by atoms with Gasteiger partial charge in [-0.25, -0.2) is 4.79 Å². The molecule has 0 saturated heterocycles. The van der Waals surface area contributed by atoms with E-state index in [1.54, 1.807) is 6.92 Å². The molecule has 0 amide bonds. The molecule has 0 aliphatic carbocycles. The summed E-state index contributed by atoms with van der Waals surface area (Å²) >= 11 is 0. The second kappa shape index (κ2) is 6.43. The van der Waals surface area contributed by atoms with Gasteiger partial charge in [-0.15, -0.1) is 0 Å². The summed E-state index contributed by atoms with van der Waals surface area (Å²) in [6.07, 6.45) is -0.308. The normalized spacial score (nSPS) is 14.3. The summed E-state index contributed by atoms with van der Waals surface area (Å²) in [7, 11) is 0. The van der Waals surface area contributed by atoms with E-state index in [1.807, 2.05) is 24.3 Å². The molecule has 18 heavy (non-hydrogen) atoms. The predicted molar refractivity (Wildman–Crippen MR) is 72.0 cm³/mol. The minimum atomic E-state index is -0.919. The van der Waals surface area contributed by atoms with Gasteiger partial charge in [0.2, 0.25) is 0 Å². The summed E-state index contributed by atoms with van der Waals surface area (Å²) in [5.41, 5.74) is 1.25. The molecule has 0 aromatic heterocycles. The van der Waals surface area contributed by atoms with Gasteiger partial charge in [-0.05, 0) is 36.0 Å². The number of carboxylic acid groups (broad SMARTS) is 1. The van der Waals surface area contributed by atoms with Crippen molar-refractivity contribution >= 4 is 5.97 Å². The van der Waals surface area contributed by atoms with Crippen LogP contribution in [0.15, 0.2) is 24.3 Å². The summed E-state index contributed by atoms with van der Waals surface area (Å²) in [5, 5.41) is 8.93. The Kier molecular flexibility index (Phi) is 5.20. The molecular formula is C15H22O3. The van der Waals surface area contributed by atoms with Crippen molar-refractivity contribution in [2.45, 2.75) is 46.1 Å². The minimum Gasteiger partial charge on any atom is -0.479 e. The molecule has 0 saturated carbocycles. The van der Waals surface area contributed by atoms with Gasteiger partial charge in [0, 0.05) is 0 Å². The summed E-state index contributed by atoms with van der Waals surface area (Å²) < 4.78 is 5.42. The molecule has 2 atom stereocenters. The van der Waals surface area contributed by atoms with E-state index in [1.165, 1.54) is 5.56 Å². The first-order valence-electron chi connectivity index (χ1n) is 6.45. The van der Waals surface area contributed by atoms with Crippen LogP contribution in [0.3, 0.4) is 0 Å². The van der Waals surface area contributed by atoms with E-state index in [2.05, 4.69) is 20.8 Å². The Labute approximate surface area is 109 Å². The van der Waals surface area contributed by atoms with E-state index in [-0.39, 0.29) is 0 Å². The van der Waals surface area contributed by atoms with Crippen LogP contribution in [0.1, 0.15) is 45.6 Å². The number of rotatable bonds is 6. The van der Waals surface area contributed by atoms with Gasteiger partial charge in [-0.1, -0.05) is 39.8 Å². The van der Waals surface area contributed by atoms with Crippen molar-refractivity contribution in [3.8, 4) is 5.75 Å². The second-order valence-electron chi connectivity index (χ2n) is 4.95. The molecular weight excluding hydrogens is 228 g/mol. The SMILES string of the molecule is CCC(Oc1ccc(C(C)C(C)C)cc1)C(=O)O. The number of ether oxygens (including phenoxy) is 1. The molecule has 100 valence electrons. The van der Waals surface area contributed by atoms with Crippen molar-refractivity contribution < 1.29 is 14.6 Å². The van der Waals surface area contributed by atoms with Crippen molar-refractivity contribution in [3.05, 3.63) is 29.8 Å². The highest BCUT2D eigenvalue weighted by Gasteiger charge is 2.17. The molecule has 0 aliphatic rings. The molecule has 1 aromatic carbocycles. The number of aliphatic carboxylic acids is 1. The standard InChI is InChI=1S/C15H22O3/c1-5-14(15(16)17)18-13-8-6-12(7-9-13)11(4)10(2)3/h6-11,14H,5H2,1-4H3,(H,16,17). The topological polar surface area (TPSA) is 46.5 Å². The lowest BCUT2D eigenvalue weighted by atomic mass is 9.90. The fraction of sp³-hybridized carbons (Fsp3) is 0.533. The Morgan fingerprint density at radius 3 is 2.17 bits per heavy atom. The zero-order valence-electron chi connectivity index (χ0n) is 11.5. The maximum absolute atomic E-state index is 10.9. The molecule has 0 bridgehead atoms. The van der Waals surface area contributed by atoms with Gasteiger partial charge in [-0.2, -0.15) is 0 Å². The van der Waals surface area contributed by atoms with Crippen LogP contribution in [0.25, 0.3) is 0 Å². The summed E-state index contributed by atoms with van der Waals surface area (Å²) in [6.45, 7) is 8.36. The van der Waals surface area contributed by atoms with Crippen molar-refractivity contribution in [1.29, 1.82) is 0 Å². The molecule has 2 unspecified atom stereocenters. The molecule has 0 aliphatic heterocycles. The Balaban J connectivity index is 2.74. The van der Waals surface area contributed by atoms with E-state index >= 15 is 0 Å². The van der Waals surface area contributed by atoms with Gasteiger partial charge in [0.25, 0.3) is 0 Å². The van der Waals surface area contributed by atoms with Crippen molar-refractivity contribution in [2.75, 3.05) is 0 Å². The number of hydrogen-bond acceptors (Lipinski definition) is 2. The molecule has 0 radical (unpaired) electrons. The number of carboxylic acids is 1. The Hall–Kier alpha value is -1.51. The number of carbonyl (C=O) groups is 1. The van der Waals surface area contributed by atoms with Gasteiger partial charge in [0.1, 0.15) is 5.75 Å². The van der Waals surface area contributed by atoms with Crippen LogP contribution in [0.5, 0.6) is 5.75 Å². The monoisotopic (exact) mass is 250 g/mol. The van der Waals surface area contributed by atoms with Crippen LogP contribution < -0.4 is 4.74 Å². The molecule has 3 nitrogen and oxygen atoms in total.